The second-order valence-corrected chi connectivity index (χ2v) is 6.54. The van der Waals surface area contributed by atoms with E-state index in [4.69, 9.17) is 0 Å². The van der Waals surface area contributed by atoms with Crippen molar-refractivity contribution >= 4 is 11.6 Å². The quantitative estimate of drug-likeness (QED) is 0.853. The minimum absolute atomic E-state index is 0.181. The lowest BCUT2D eigenvalue weighted by molar-refractivity contribution is -0.119. The topological polar surface area (TPSA) is 26.8 Å². The Morgan fingerprint density at radius 3 is 2.36 bits per heavy atom. The predicted molar refractivity (Wildman–Crippen MR) is 90.1 cm³/mol. The van der Waals surface area contributed by atoms with Crippen molar-refractivity contribution in [3.05, 3.63) is 30.3 Å². The lowest BCUT2D eigenvalue weighted by Gasteiger charge is -2.38. The normalized spacial score (nSPS) is 21.1. The Balaban J connectivity index is 1.47. The van der Waals surface area contributed by atoms with E-state index >= 15 is 0 Å². The van der Waals surface area contributed by atoms with Gasteiger partial charge in [-0.15, -0.1) is 0 Å². The van der Waals surface area contributed by atoms with Gasteiger partial charge in [0.25, 0.3) is 0 Å². The van der Waals surface area contributed by atoms with Crippen LogP contribution in [0.2, 0.25) is 0 Å². The zero-order valence-electron chi connectivity index (χ0n) is 13.6. The van der Waals surface area contributed by atoms with E-state index in [1.165, 1.54) is 25.7 Å². The van der Waals surface area contributed by atoms with Crippen LogP contribution >= 0.6 is 0 Å². The molecule has 4 heteroatoms. The summed E-state index contributed by atoms with van der Waals surface area (Å²) in [4.78, 5) is 19.1. The van der Waals surface area contributed by atoms with Gasteiger partial charge in [0, 0.05) is 45.0 Å². The second-order valence-electron chi connectivity index (χ2n) is 6.54. The summed E-state index contributed by atoms with van der Waals surface area (Å²) in [7, 11) is 1.87. The number of carbonyl (C=O) groups excluding carboxylic acids is 1. The molecule has 0 spiro atoms. The molecule has 1 aromatic carbocycles. The molecule has 0 aromatic heterocycles. The number of hydrogen-bond donors (Lipinski definition) is 0. The molecule has 0 N–H and O–H groups in total. The van der Waals surface area contributed by atoms with Crippen molar-refractivity contribution in [3.8, 4) is 0 Å². The SMILES string of the molecule is CN(C(=O)CN1CCN(C2CCCC2)CC1)c1ccccc1. The average molecular weight is 301 g/mol. The number of carbonyl (C=O) groups is 1. The highest BCUT2D eigenvalue weighted by Gasteiger charge is 2.27. The third-order valence-electron chi connectivity index (χ3n) is 5.12. The Morgan fingerprint density at radius 1 is 1.09 bits per heavy atom. The summed E-state index contributed by atoms with van der Waals surface area (Å²) < 4.78 is 0. The Kier molecular flexibility index (Phi) is 5.11. The minimum atomic E-state index is 0.181. The number of likely N-dealkylation sites (N-methyl/N-ethyl adjacent to an activating group) is 1. The van der Waals surface area contributed by atoms with Gasteiger partial charge < -0.3 is 4.90 Å². The lowest BCUT2D eigenvalue weighted by Crippen LogP contribution is -2.52. The second kappa shape index (κ2) is 7.25. The van der Waals surface area contributed by atoms with Gasteiger partial charge in [0.2, 0.25) is 5.91 Å². The number of anilines is 1. The fraction of sp³-hybridized carbons (Fsp3) is 0.611. The first kappa shape index (κ1) is 15.5. The van der Waals surface area contributed by atoms with E-state index in [2.05, 4.69) is 9.80 Å². The highest BCUT2D eigenvalue weighted by atomic mass is 16.2. The van der Waals surface area contributed by atoms with Crippen molar-refractivity contribution in [2.45, 2.75) is 31.7 Å². The predicted octanol–water partition coefficient (Wildman–Crippen LogP) is 2.21. The summed E-state index contributed by atoms with van der Waals surface area (Å²) in [6.45, 7) is 4.81. The first-order valence-electron chi connectivity index (χ1n) is 8.52. The maximum atomic E-state index is 12.4. The Hall–Kier alpha value is -1.39. The first-order chi connectivity index (χ1) is 10.7. The smallest absolute Gasteiger partial charge is 0.240 e. The molecule has 4 nitrogen and oxygen atoms in total. The molecule has 0 radical (unpaired) electrons. The number of rotatable bonds is 4. The molecule has 1 saturated carbocycles. The van der Waals surface area contributed by atoms with Crippen molar-refractivity contribution in [1.82, 2.24) is 9.80 Å². The van der Waals surface area contributed by atoms with Crippen molar-refractivity contribution < 1.29 is 4.79 Å². The van der Waals surface area contributed by atoms with Crippen LogP contribution in [0.5, 0.6) is 0 Å². The van der Waals surface area contributed by atoms with Crippen LogP contribution < -0.4 is 4.90 Å². The summed E-state index contributed by atoms with van der Waals surface area (Å²) in [5.41, 5.74) is 0.970. The molecule has 1 aliphatic carbocycles. The Bertz CT molecular complexity index is 476. The minimum Gasteiger partial charge on any atom is -0.314 e. The number of hydrogen-bond acceptors (Lipinski definition) is 3. The van der Waals surface area contributed by atoms with Crippen LogP contribution in [0, 0.1) is 0 Å². The van der Waals surface area contributed by atoms with Crippen molar-refractivity contribution in [1.29, 1.82) is 0 Å². The molecule has 3 rings (SSSR count). The lowest BCUT2D eigenvalue weighted by atomic mass is 10.2. The number of para-hydroxylation sites is 1. The standard InChI is InChI=1S/C18H27N3O/c1-19(16-7-3-2-4-8-16)18(22)15-20-11-13-21(14-12-20)17-9-5-6-10-17/h2-4,7-8,17H,5-6,9-15H2,1H3. The summed E-state index contributed by atoms with van der Waals surface area (Å²) in [5, 5.41) is 0. The highest BCUT2D eigenvalue weighted by molar-refractivity contribution is 5.94. The fourth-order valence-electron chi connectivity index (χ4n) is 3.65. The summed E-state index contributed by atoms with van der Waals surface area (Å²) in [5.74, 6) is 0.181. The molecule has 1 amide bonds. The maximum absolute atomic E-state index is 12.4. The van der Waals surface area contributed by atoms with Crippen LogP contribution in [0.3, 0.4) is 0 Å². The van der Waals surface area contributed by atoms with E-state index in [0.717, 1.165) is 37.9 Å². The van der Waals surface area contributed by atoms with Crippen molar-refractivity contribution in [3.63, 3.8) is 0 Å². The fourth-order valence-corrected chi connectivity index (χ4v) is 3.65. The molecule has 0 bridgehead atoms. The molecule has 1 saturated heterocycles. The first-order valence-corrected chi connectivity index (χ1v) is 8.52. The van der Waals surface area contributed by atoms with E-state index in [-0.39, 0.29) is 5.91 Å². The molecule has 0 unspecified atom stereocenters. The van der Waals surface area contributed by atoms with Crippen LogP contribution in [-0.4, -0.2) is 61.5 Å². The van der Waals surface area contributed by atoms with Crippen molar-refractivity contribution in [2.24, 2.45) is 0 Å². The van der Waals surface area contributed by atoms with Gasteiger partial charge in [-0.25, -0.2) is 0 Å². The van der Waals surface area contributed by atoms with E-state index in [1.807, 2.05) is 37.4 Å². The zero-order valence-corrected chi connectivity index (χ0v) is 13.6. The molecule has 1 aliphatic heterocycles. The van der Waals surface area contributed by atoms with Crippen LogP contribution in [0.25, 0.3) is 0 Å². The molecular weight excluding hydrogens is 274 g/mol. The molecule has 120 valence electrons. The molecule has 2 aliphatic rings. The van der Waals surface area contributed by atoms with E-state index in [1.54, 1.807) is 4.90 Å². The van der Waals surface area contributed by atoms with Gasteiger partial charge in [-0.2, -0.15) is 0 Å². The van der Waals surface area contributed by atoms with Gasteiger partial charge in [-0.05, 0) is 25.0 Å². The zero-order chi connectivity index (χ0) is 15.4. The third-order valence-corrected chi connectivity index (χ3v) is 5.12. The number of piperazine rings is 1. The van der Waals surface area contributed by atoms with Gasteiger partial charge in [0.1, 0.15) is 0 Å². The van der Waals surface area contributed by atoms with Crippen LogP contribution in [-0.2, 0) is 4.79 Å². The van der Waals surface area contributed by atoms with Gasteiger partial charge in [0.05, 0.1) is 6.54 Å². The summed E-state index contributed by atoms with van der Waals surface area (Å²) in [6, 6.07) is 10.7. The summed E-state index contributed by atoms with van der Waals surface area (Å²) in [6.07, 6.45) is 5.53. The van der Waals surface area contributed by atoms with Crippen molar-refractivity contribution in [2.75, 3.05) is 44.7 Å². The largest absolute Gasteiger partial charge is 0.314 e. The van der Waals surface area contributed by atoms with Crippen LogP contribution in [0.4, 0.5) is 5.69 Å². The Morgan fingerprint density at radius 2 is 1.73 bits per heavy atom. The average Bonchev–Trinajstić information content (AvgIpc) is 3.10. The number of benzene rings is 1. The monoisotopic (exact) mass is 301 g/mol. The molecular formula is C18H27N3O. The van der Waals surface area contributed by atoms with E-state index in [0.29, 0.717) is 6.54 Å². The molecule has 0 atom stereocenters. The Labute approximate surface area is 133 Å². The molecule has 1 heterocycles. The molecule has 22 heavy (non-hydrogen) atoms. The number of amides is 1. The molecule has 2 fully saturated rings. The van der Waals surface area contributed by atoms with Gasteiger partial charge in [0.15, 0.2) is 0 Å². The molecule has 1 aromatic rings. The van der Waals surface area contributed by atoms with Crippen LogP contribution in [0.15, 0.2) is 30.3 Å². The van der Waals surface area contributed by atoms with Gasteiger partial charge in [-0.3, -0.25) is 14.6 Å². The van der Waals surface area contributed by atoms with Crippen LogP contribution in [0.1, 0.15) is 25.7 Å². The highest BCUT2D eigenvalue weighted by Crippen LogP contribution is 2.24. The third kappa shape index (κ3) is 3.68. The summed E-state index contributed by atoms with van der Waals surface area (Å²) >= 11 is 0. The number of nitrogens with zero attached hydrogens (tertiary/aromatic N) is 3. The maximum Gasteiger partial charge on any atom is 0.240 e. The van der Waals surface area contributed by atoms with E-state index in [9.17, 15) is 4.79 Å². The van der Waals surface area contributed by atoms with Gasteiger partial charge in [-0.1, -0.05) is 31.0 Å². The van der Waals surface area contributed by atoms with E-state index < -0.39 is 0 Å². The van der Waals surface area contributed by atoms with Gasteiger partial charge >= 0.3 is 0 Å².